The van der Waals surface area contributed by atoms with Gasteiger partial charge in [0.05, 0.1) is 25.8 Å². The molecule has 0 unspecified atom stereocenters. The zero-order valence-electron chi connectivity index (χ0n) is 21.2. The van der Waals surface area contributed by atoms with E-state index >= 15 is 0 Å². The third kappa shape index (κ3) is 7.43. The van der Waals surface area contributed by atoms with E-state index in [1.807, 2.05) is 51.1 Å². The van der Waals surface area contributed by atoms with Crippen LogP contribution in [0.3, 0.4) is 0 Å². The van der Waals surface area contributed by atoms with Gasteiger partial charge in [-0.15, -0.1) is 0 Å². The lowest BCUT2D eigenvalue weighted by Gasteiger charge is -2.33. The van der Waals surface area contributed by atoms with E-state index in [1.54, 1.807) is 25.2 Å². The van der Waals surface area contributed by atoms with Crippen molar-refractivity contribution in [3.05, 3.63) is 51.5 Å². The molecule has 2 aromatic rings. The molecule has 0 spiro atoms. The van der Waals surface area contributed by atoms with Gasteiger partial charge in [0.2, 0.25) is 0 Å². The third-order valence-corrected chi connectivity index (χ3v) is 6.84. The summed E-state index contributed by atoms with van der Waals surface area (Å²) in [5, 5.41) is 1.94. The fourth-order valence-corrected chi connectivity index (χ4v) is 4.32. The fraction of sp³-hybridized carbons (Fsp3) is 0.462. The molecule has 0 bridgehead atoms. The molecule has 10 heteroatoms. The topological polar surface area (TPSA) is 77.5 Å². The van der Waals surface area contributed by atoms with Gasteiger partial charge in [-0.2, -0.15) is 5.06 Å². The highest BCUT2D eigenvalue weighted by Crippen LogP contribution is 2.36. The number of methoxy groups -OCH3 is 2. The molecular formula is C26H32BrClN2O6. The van der Waals surface area contributed by atoms with Crippen LogP contribution in [0.1, 0.15) is 39.2 Å². The number of likely N-dealkylation sites (tertiary alicyclic amines) is 1. The Hall–Kier alpha value is -2.65. The molecule has 1 fully saturated rings. The molecule has 2 aliphatic rings. The van der Waals surface area contributed by atoms with E-state index in [1.165, 1.54) is 5.06 Å². The van der Waals surface area contributed by atoms with Crippen LogP contribution >= 0.6 is 27.5 Å². The number of piperidine rings is 1. The molecule has 0 N–H and O–H groups in total. The summed E-state index contributed by atoms with van der Waals surface area (Å²) in [6, 6.07) is 11.1. The molecule has 0 aliphatic carbocycles. The van der Waals surface area contributed by atoms with Crippen molar-refractivity contribution in [1.82, 2.24) is 9.96 Å². The first-order valence-electron chi connectivity index (χ1n) is 11.6. The van der Waals surface area contributed by atoms with Crippen molar-refractivity contribution in [2.24, 2.45) is 5.92 Å². The molecule has 0 radical (unpaired) electrons. The number of hydrogen-bond donors (Lipinski definition) is 0. The molecule has 2 heterocycles. The number of fused-ring (bicyclic) bond motifs is 1. The summed E-state index contributed by atoms with van der Waals surface area (Å²) in [6.07, 6.45) is 0.866. The highest BCUT2D eigenvalue weighted by Gasteiger charge is 2.35. The molecule has 36 heavy (non-hydrogen) atoms. The van der Waals surface area contributed by atoms with Crippen LogP contribution in [-0.4, -0.2) is 54.9 Å². The minimum atomic E-state index is -0.519. The molecule has 0 saturated carbocycles. The van der Waals surface area contributed by atoms with Crippen molar-refractivity contribution in [3.63, 3.8) is 0 Å². The Bertz CT molecular complexity index is 1030. The van der Waals surface area contributed by atoms with Crippen molar-refractivity contribution in [1.29, 1.82) is 0 Å². The van der Waals surface area contributed by atoms with Gasteiger partial charge >= 0.3 is 6.09 Å². The maximum atomic E-state index is 12.8. The lowest BCUT2D eigenvalue weighted by atomic mass is 9.96. The zero-order valence-corrected chi connectivity index (χ0v) is 23.5. The van der Waals surface area contributed by atoms with Gasteiger partial charge in [0.25, 0.3) is 5.91 Å². The fourth-order valence-electron chi connectivity index (χ4n) is 3.77. The molecule has 1 saturated heterocycles. The van der Waals surface area contributed by atoms with Gasteiger partial charge in [0.15, 0.2) is 5.75 Å². The van der Waals surface area contributed by atoms with E-state index in [9.17, 15) is 9.59 Å². The number of benzene rings is 2. The van der Waals surface area contributed by atoms with Gasteiger partial charge in [0.1, 0.15) is 17.1 Å². The van der Waals surface area contributed by atoms with Gasteiger partial charge in [-0.3, -0.25) is 4.79 Å². The number of amides is 2. The van der Waals surface area contributed by atoms with Crippen LogP contribution in [0.25, 0.3) is 0 Å². The Labute approximate surface area is 225 Å². The summed E-state index contributed by atoms with van der Waals surface area (Å²) in [7, 11) is 3.27. The number of rotatable bonds is 3. The zero-order chi connectivity index (χ0) is 26.5. The first-order valence-corrected chi connectivity index (χ1v) is 12.8. The van der Waals surface area contributed by atoms with Crippen molar-refractivity contribution >= 4 is 39.5 Å². The minimum Gasteiger partial charge on any atom is -0.497 e. The Kier molecular flexibility index (Phi) is 9.35. The van der Waals surface area contributed by atoms with Crippen LogP contribution in [0.15, 0.2) is 40.9 Å². The van der Waals surface area contributed by atoms with Crippen molar-refractivity contribution in [2.45, 2.75) is 45.8 Å². The molecule has 0 atom stereocenters. The molecule has 2 aromatic carbocycles. The smallest absolute Gasteiger partial charge is 0.410 e. The van der Waals surface area contributed by atoms with Crippen molar-refractivity contribution < 1.29 is 28.6 Å². The average molecular weight is 584 g/mol. The Morgan fingerprint density at radius 2 is 1.67 bits per heavy atom. The monoisotopic (exact) mass is 582 g/mol. The first-order chi connectivity index (χ1) is 17.0. The Balaban J connectivity index is 0.000000303. The third-order valence-electron chi connectivity index (χ3n) is 5.64. The van der Waals surface area contributed by atoms with Crippen LogP contribution < -0.4 is 14.3 Å². The Morgan fingerprint density at radius 3 is 2.22 bits per heavy atom. The molecule has 196 valence electrons. The molecule has 2 aliphatic heterocycles. The quantitative estimate of drug-likeness (QED) is 0.435. The second-order valence-electron chi connectivity index (χ2n) is 9.46. The van der Waals surface area contributed by atoms with Gasteiger partial charge in [-0.05, 0) is 67.7 Å². The Morgan fingerprint density at radius 1 is 1.06 bits per heavy atom. The summed E-state index contributed by atoms with van der Waals surface area (Å²) in [6.45, 7) is 6.93. The van der Waals surface area contributed by atoms with E-state index in [4.69, 9.17) is 30.6 Å². The summed E-state index contributed by atoms with van der Waals surface area (Å²) in [4.78, 5) is 32.2. The molecule has 2 amide bonds. The van der Waals surface area contributed by atoms with Gasteiger partial charge < -0.3 is 23.9 Å². The van der Waals surface area contributed by atoms with Crippen molar-refractivity contribution in [3.8, 4) is 17.2 Å². The number of carbonyl (C=O) groups is 2. The lowest BCUT2D eigenvalue weighted by Crippen LogP contribution is -2.45. The first kappa shape index (κ1) is 27.9. The normalized spacial score (nSPS) is 15.3. The summed E-state index contributed by atoms with van der Waals surface area (Å²) in [5.41, 5.74) is 0.398. The molecule has 4 rings (SSSR count). The molecule has 8 nitrogen and oxygen atoms in total. The SMILES string of the molecule is CC(C)(C)OC(=O)N1CCC(C(=O)N2Cc3cc(Br)c(Cl)cc3O2)CC1.COc1cccc(OC)c1. The number of halogens is 2. The minimum absolute atomic E-state index is 0.0581. The van der Waals surface area contributed by atoms with Gasteiger partial charge in [-0.1, -0.05) is 17.7 Å². The maximum absolute atomic E-state index is 12.8. The number of hydrogen-bond acceptors (Lipinski definition) is 6. The highest BCUT2D eigenvalue weighted by molar-refractivity contribution is 9.10. The number of nitrogens with zero attached hydrogens (tertiary/aromatic N) is 2. The average Bonchev–Trinajstić information content (AvgIpc) is 3.25. The second kappa shape index (κ2) is 12.1. The number of hydroxylamine groups is 2. The van der Waals surface area contributed by atoms with E-state index in [-0.39, 0.29) is 17.9 Å². The largest absolute Gasteiger partial charge is 0.497 e. The lowest BCUT2D eigenvalue weighted by molar-refractivity contribution is -0.161. The summed E-state index contributed by atoms with van der Waals surface area (Å²) >= 11 is 9.46. The molecular weight excluding hydrogens is 552 g/mol. The van der Waals surface area contributed by atoms with Crippen LogP contribution in [-0.2, 0) is 16.1 Å². The van der Waals surface area contributed by atoms with E-state index in [0.29, 0.717) is 43.2 Å². The van der Waals surface area contributed by atoms with Gasteiger partial charge in [0, 0.05) is 41.2 Å². The number of carbonyl (C=O) groups excluding carboxylic acids is 2. The van der Waals surface area contributed by atoms with Gasteiger partial charge in [-0.25, -0.2) is 4.79 Å². The van der Waals surface area contributed by atoms with Crippen LogP contribution in [0.5, 0.6) is 17.2 Å². The highest BCUT2D eigenvalue weighted by atomic mass is 79.9. The number of ether oxygens (including phenoxy) is 3. The molecule has 0 aromatic heterocycles. The van der Waals surface area contributed by atoms with Crippen LogP contribution in [0, 0.1) is 5.92 Å². The summed E-state index contributed by atoms with van der Waals surface area (Å²) < 4.78 is 16.1. The predicted octanol–water partition coefficient (Wildman–Crippen LogP) is 6.09. The van der Waals surface area contributed by atoms with E-state index in [2.05, 4.69) is 15.9 Å². The standard InChI is InChI=1S/C18H22BrClN2O4.C8H10O2/c1-18(2,3)25-17(24)21-6-4-11(5-7-21)16(23)22-10-12-8-13(19)14(20)9-15(12)26-22;1-9-7-4-3-5-8(6-7)10-2/h8-9,11H,4-7,10H2,1-3H3;3-6H,1-2H3. The van der Waals surface area contributed by atoms with E-state index < -0.39 is 5.60 Å². The summed E-state index contributed by atoms with van der Waals surface area (Å²) in [5.74, 6) is 2.02. The van der Waals surface area contributed by atoms with Crippen LogP contribution in [0.4, 0.5) is 4.79 Å². The van der Waals surface area contributed by atoms with Crippen molar-refractivity contribution in [2.75, 3.05) is 27.3 Å². The second-order valence-corrected chi connectivity index (χ2v) is 10.7. The van der Waals surface area contributed by atoms with E-state index in [0.717, 1.165) is 21.5 Å². The van der Waals surface area contributed by atoms with Crippen LogP contribution in [0.2, 0.25) is 5.02 Å². The maximum Gasteiger partial charge on any atom is 0.410 e. The predicted molar refractivity (Wildman–Crippen MR) is 140 cm³/mol.